The van der Waals surface area contributed by atoms with Gasteiger partial charge in [0, 0.05) is 54.3 Å². The summed E-state index contributed by atoms with van der Waals surface area (Å²) in [5.74, 6) is -3.86. The molecule has 2 saturated heterocycles. The Kier molecular flexibility index (Phi) is 31.2. The van der Waals surface area contributed by atoms with Gasteiger partial charge in [-0.05, 0) is 81.1 Å². The van der Waals surface area contributed by atoms with E-state index in [2.05, 4.69) is 58.2 Å². The molecule has 0 spiro atoms. The first kappa shape index (κ1) is 71.8. The molecule has 0 bridgehead atoms. The van der Waals surface area contributed by atoms with Crippen molar-refractivity contribution in [3.8, 4) is 11.4 Å². The molecule has 7 rings (SSSR count). The zero-order valence-corrected chi connectivity index (χ0v) is 53.3. The highest BCUT2D eigenvalue weighted by Crippen LogP contribution is 2.42. The number of aliphatic hydroxyl groups excluding tert-OH is 1. The van der Waals surface area contributed by atoms with E-state index in [0.717, 1.165) is 87.9 Å². The Morgan fingerprint density at radius 3 is 1.87 bits per heavy atom. The maximum absolute atomic E-state index is 15.0. The third-order valence-electron chi connectivity index (χ3n) is 16.6. The van der Waals surface area contributed by atoms with Crippen LogP contribution in [-0.2, 0) is 50.3 Å². The van der Waals surface area contributed by atoms with Crippen LogP contribution in [0.5, 0.6) is 5.75 Å². The molecule has 0 radical (unpaired) electrons. The third-order valence-corrected chi connectivity index (χ3v) is 16.6. The van der Waals surface area contributed by atoms with Crippen molar-refractivity contribution in [2.45, 2.75) is 199 Å². The standard InChI is InChI=1S/C37H42F2N8O4.C31H54O8/c1-3-35(26(2)48)47-36(49)46(25-42-47)31-7-5-29(6-8-31)43-14-16-44(17-15-43)30-9-11-32(12-10-30)50-20-27-19-37(51-21-27,22-45-24-40-23-41-45)33-13-4-28(38)18-34(33)39;1-3-5-7-9-11-13-15-17-19-21-29(34)37-25-27(39-31(36)24-23-28(32)33)26-38-30(35)22-20-18-16-14-12-10-8-6-4-2/h4-13,18,23-27,35,48H,3,14-17,19-22H2,1-2H3;23-24,27H,3-22,25-26H2,1-2H3,(H,32,33)/b;24-23+/t26-,27+,35-,37?;/m0./s1. The van der Waals surface area contributed by atoms with Gasteiger partial charge in [0.15, 0.2) is 6.10 Å². The van der Waals surface area contributed by atoms with E-state index >= 15 is 0 Å². The number of aromatic nitrogens is 6. The van der Waals surface area contributed by atoms with E-state index in [1.54, 1.807) is 17.9 Å². The summed E-state index contributed by atoms with van der Waals surface area (Å²) in [4.78, 5) is 67.4. The number of unbranched alkanes of at least 4 members (excludes halogenated alkanes) is 16. The maximum atomic E-state index is 15.0. The summed E-state index contributed by atoms with van der Waals surface area (Å²) >= 11 is 0. The molecule has 0 amide bonds. The van der Waals surface area contributed by atoms with Crippen LogP contribution in [-0.4, -0.2) is 123 Å². The predicted molar refractivity (Wildman–Crippen MR) is 335 cm³/mol. The lowest BCUT2D eigenvalue weighted by Gasteiger charge is -2.33. The molecular formula is C68H96F2N8O12. The molecule has 2 N–H and O–H groups in total. The lowest BCUT2D eigenvalue weighted by Crippen LogP contribution is -3.10. The zero-order chi connectivity index (χ0) is 64.5. The number of carbonyl (C=O) groups is 4. The number of nitrogens with one attached hydrogen (secondary N) is 1. The van der Waals surface area contributed by atoms with Crippen LogP contribution in [0, 0.1) is 17.6 Å². The topological polar surface area (TPSA) is 236 Å². The minimum absolute atomic E-state index is 0.00932. The first-order chi connectivity index (χ1) is 43.6. The van der Waals surface area contributed by atoms with Crippen molar-refractivity contribution in [1.29, 1.82) is 0 Å². The highest BCUT2D eigenvalue weighted by atomic mass is 19.1. The summed E-state index contributed by atoms with van der Waals surface area (Å²) in [6.45, 7) is 12.1. The van der Waals surface area contributed by atoms with Crippen molar-refractivity contribution in [3.05, 3.63) is 126 Å². The number of hydrogen-bond donors (Lipinski definition) is 2. The maximum Gasteiger partial charge on any atom is 0.350 e. The first-order valence-corrected chi connectivity index (χ1v) is 32.7. The number of anilines is 1. The van der Waals surface area contributed by atoms with Gasteiger partial charge in [0.2, 0.25) is 0 Å². The molecule has 2 aliphatic heterocycles. The average Bonchev–Trinajstić information content (AvgIpc) is 1.95. The van der Waals surface area contributed by atoms with Gasteiger partial charge in [0.05, 0.1) is 69.7 Å². The number of halogens is 2. The quantitative estimate of drug-likeness (QED) is 0.0161. The van der Waals surface area contributed by atoms with Crippen molar-refractivity contribution < 1.29 is 66.8 Å². The summed E-state index contributed by atoms with van der Waals surface area (Å²) in [5.41, 5.74) is 2.05. The van der Waals surface area contributed by atoms with Gasteiger partial charge in [0.25, 0.3) is 0 Å². The Morgan fingerprint density at radius 1 is 0.756 bits per heavy atom. The van der Waals surface area contributed by atoms with E-state index < -0.39 is 53.3 Å². The zero-order valence-electron chi connectivity index (χ0n) is 53.3. The van der Waals surface area contributed by atoms with Crippen LogP contribution in [0.3, 0.4) is 0 Å². The molecular weight excluding hydrogens is 1160 g/mol. The van der Waals surface area contributed by atoms with E-state index in [1.807, 2.05) is 31.2 Å². The number of piperazine rings is 1. The number of nitrogens with zero attached hydrogens (tertiary/aromatic N) is 7. The summed E-state index contributed by atoms with van der Waals surface area (Å²) in [5, 5.41) is 29.0. The minimum atomic E-state index is -1.54. The number of aliphatic hydroxyl groups is 1. The van der Waals surface area contributed by atoms with Crippen LogP contribution in [0.15, 0.2) is 103 Å². The van der Waals surface area contributed by atoms with E-state index in [0.29, 0.717) is 43.8 Å². The van der Waals surface area contributed by atoms with E-state index in [9.17, 15) is 43.0 Å². The molecule has 20 nitrogen and oxygen atoms in total. The molecule has 494 valence electrons. The molecule has 1 unspecified atom stereocenters. The highest BCUT2D eigenvalue weighted by molar-refractivity contribution is 5.90. The summed E-state index contributed by atoms with van der Waals surface area (Å²) in [6, 6.07) is 19.3. The summed E-state index contributed by atoms with van der Waals surface area (Å²) in [7, 11) is 0. The molecule has 2 aliphatic rings. The molecule has 4 atom stereocenters. The number of aliphatic carboxylic acids is 1. The second kappa shape index (κ2) is 39.1. The number of ether oxygens (including phenoxy) is 5. The first-order valence-electron chi connectivity index (χ1n) is 32.7. The molecule has 2 fully saturated rings. The van der Waals surface area contributed by atoms with Crippen LogP contribution >= 0.6 is 0 Å². The highest BCUT2D eigenvalue weighted by Gasteiger charge is 2.45. The Hall–Kier alpha value is -7.30. The van der Waals surface area contributed by atoms with Crippen LogP contribution in [0.25, 0.3) is 5.69 Å². The van der Waals surface area contributed by atoms with Crippen LogP contribution in [0.2, 0.25) is 0 Å². The number of hydrogen-bond acceptors (Lipinski definition) is 16. The van der Waals surface area contributed by atoms with Crippen LogP contribution in [0.4, 0.5) is 20.2 Å². The van der Waals surface area contributed by atoms with E-state index in [-0.39, 0.29) is 50.2 Å². The Bertz CT molecular complexity index is 2950. The Morgan fingerprint density at radius 2 is 1.33 bits per heavy atom. The monoisotopic (exact) mass is 1250 g/mol. The minimum Gasteiger partial charge on any atom is -0.545 e. The van der Waals surface area contributed by atoms with Gasteiger partial charge in [-0.1, -0.05) is 130 Å². The van der Waals surface area contributed by atoms with Gasteiger partial charge in [-0.15, -0.1) is 0 Å². The lowest BCUT2D eigenvalue weighted by atomic mass is 9.87. The number of carboxylic acids is 1. The largest absolute Gasteiger partial charge is 0.545 e. The van der Waals surface area contributed by atoms with Gasteiger partial charge >= 0.3 is 23.6 Å². The summed E-state index contributed by atoms with van der Waals surface area (Å²) < 4.78 is 61.2. The normalized spacial score (nSPS) is 16.6. The van der Waals surface area contributed by atoms with Crippen molar-refractivity contribution in [3.63, 3.8) is 0 Å². The molecule has 22 heteroatoms. The van der Waals surface area contributed by atoms with Gasteiger partial charge in [0.1, 0.15) is 60.9 Å². The smallest absolute Gasteiger partial charge is 0.350 e. The fourth-order valence-electron chi connectivity index (χ4n) is 11.5. The lowest BCUT2D eigenvalue weighted by molar-refractivity contribution is -0.833. The predicted octanol–water partition coefficient (Wildman–Crippen LogP) is 9.42. The van der Waals surface area contributed by atoms with Gasteiger partial charge in [-0.25, -0.2) is 37.3 Å². The number of carbonyl (C=O) groups excluding carboxylic acids is 4. The third kappa shape index (κ3) is 24.1. The van der Waals surface area contributed by atoms with E-state index in [4.69, 9.17) is 23.7 Å². The molecule has 90 heavy (non-hydrogen) atoms. The van der Waals surface area contributed by atoms with Gasteiger partial charge in [-0.3, -0.25) is 14.5 Å². The molecule has 0 saturated carbocycles. The number of benzene rings is 3. The fraction of sp³-hybridized carbons (Fsp3) is 0.588. The average molecular weight is 1260 g/mol. The number of carboxylic acid groups (broad SMARTS) is 1. The van der Waals surface area contributed by atoms with Crippen LogP contribution in [0.1, 0.15) is 181 Å². The Balaban J connectivity index is 0.000000299. The van der Waals surface area contributed by atoms with Gasteiger partial charge in [-0.2, -0.15) is 10.2 Å². The number of quaternary nitrogens is 1. The van der Waals surface area contributed by atoms with Crippen molar-refractivity contribution >= 4 is 35.3 Å². The van der Waals surface area contributed by atoms with Crippen molar-refractivity contribution in [1.82, 2.24) is 29.1 Å². The second-order valence-corrected chi connectivity index (χ2v) is 23.7. The molecule has 2 aromatic heterocycles. The molecule has 4 heterocycles. The SMILES string of the molecule is CCCCCCCCCCCC(=O)OCC(COC(=O)CCCCCCCCCCC)OC(=O)/C=C/C(=O)[O-].CC[C@@H]([C@H](C)O)n1ncn(-c2ccc([NH+]3CCN(c4ccc(OC[C@@H]5COC(Cn6cncn6)(c6ccc(F)cc6F)C5)cc4)CC3)cc2)c1=O. The number of rotatable bonds is 39. The summed E-state index contributed by atoms with van der Waals surface area (Å²) in [6.07, 6.45) is 26.1. The second-order valence-electron chi connectivity index (χ2n) is 23.7. The van der Waals surface area contributed by atoms with E-state index in [1.165, 1.54) is 122 Å². The fourth-order valence-corrected chi connectivity index (χ4v) is 11.5. The Labute approximate surface area is 528 Å². The van der Waals surface area contributed by atoms with Crippen molar-refractivity contribution in [2.75, 3.05) is 57.5 Å². The number of esters is 3. The van der Waals surface area contributed by atoms with Crippen molar-refractivity contribution in [2.24, 2.45) is 5.92 Å². The van der Waals surface area contributed by atoms with Crippen LogP contribution < -0.4 is 25.3 Å². The molecule has 5 aromatic rings. The molecule has 0 aliphatic carbocycles. The molecule has 3 aromatic carbocycles. The van der Waals surface area contributed by atoms with Gasteiger partial charge < -0.3 is 43.6 Å².